The van der Waals surface area contributed by atoms with Crippen LogP contribution >= 0.6 is 0 Å². The minimum Gasteiger partial charge on any atom is -0.211 e. The lowest BCUT2D eigenvalue weighted by Gasteiger charge is -2.14. The number of hydrogen-bond donors (Lipinski definition) is 1. The SMILES string of the molecule is CCC(C#N)S(=O)(=O)NC(C#N)c1ccccc1. The van der Waals surface area contributed by atoms with Gasteiger partial charge in [-0.2, -0.15) is 15.2 Å². The normalized spacial score (nSPS) is 14.2. The summed E-state index contributed by atoms with van der Waals surface area (Å²) in [5.74, 6) is 0. The lowest BCUT2D eigenvalue weighted by Crippen LogP contribution is -2.35. The standard InChI is InChI=1S/C12H13N3O2S/c1-2-11(8-13)18(16,17)15-12(9-14)10-6-4-3-5-7-10/h3-7,11-12,15H,2H2,1H3. The first-order valence-electron chi connectivity index (χ1n) is 5.40. The highest BCUT2D eigenvalue weighted by Gasteiger charge is 2.27. The molecule has 0 heterocycles. The molecule has 0 bridgehead atoms. The van der Waals surface area contributed by atoms with Crippen molar-refractivity contribution in [3.63, 3.8) is 0 Å². The monoisotopic (exact) mass is 263 g/mol. The summed E-state index contributed by atoms with van der Waals surface area (Å²) in [5.41, 5.74) is 0.552. The fourth-order valence-corrected chi connectivity index (χ4v) is 2.70. The summed E-state index contributed by atoms with van der Waals surface area (Å²) in [4.78, 5) is 0. The third kappa shape index (κ3) is 3.30. The van der Waals surface area contributed by atoms with Crippen LogP contribution in [0, 0.1) is 22.7 Å². The van der Waals surface area contributed by atoms with E-state index in [0.29, 0.717) is 5.56 Å². The molecule has 0 radical (unpaired) electrons. The van der Waals surface area contributed by atoms with Crippen LogP contribution in [0.25, 0.3) is 0 Å². The fraction of sp³-hybridized carbons (Fsp3) is 0.333. The van der Waals surface area contributed by atoms with Gasteiger partial charge in [0.1, 0.15) is 6.04 Å². The molecule has 94 valence electrons. The largest absolute Gasteiger partial charge is 0.229 e. The van der Waals surface area contributed by atoms with Crippen molar-refractivity contribution in [1.82, 2.24) is 4.72 Å². The first kappa shape index (κ1) is 14.2. The molecule has 0 amide bonds. The van der Waals surface area contributed by atoms with Crippen LogP contribution in [0.1, 0.15) is 24.9 Å². The zero-order valence-corrected chi connectivity index (χ0v) is 10.7. The summed E-state index contributed by atoms with van der Waals surface area (Å²) in [6, 6.07) is 11.1. The molecule has 1 aromatic rings. The maximum Gasteiger partial charge on any atom is 0.229 e. The van der Waals surface area contributed by atoms with E-state index in [1.165, 1.54) is 0 Å². The second kappa shape index (κ2) is 6.15. The molecule has 1 rings (SSSR count). The number of benzene rings is 1. The van der Waals surface area contributed by atoms with Crippen LogP contribution < -0.4 is 4.72 Å². The average molecular weight is 263 g/mol. The summed E-state index contributed by atoms with van der Waals surface area (Å²) >= 11 is 0. The van der Waals surface area contributed by atoms with Gasteiger partial charge in [0.15, 0.2) is 5.25 Å². The first-order chi connectivity index (χ1) is 8.55. The Morgan fingerprint density at radius 2 is 1.83 bits per heavy atom. The number of nitrogens with zero attached hydrogens (tertiary/aromatic N) is 2. The van der Waals surface area contributed by atoms with Crippen molar-refractivity contribution in [2.24, 2.45) is 0 Å². The highest BCUT2D eigenvalue weighted by atomic mass is 32.2. The quantitative estimate of drug-likeness (QED) is 0.870. The topological polar surface area (TPSA) is 93.8 Å². The zero-order valence-electron chi connectivity index (χ0n) is 9.87. The Hall–Kier alpha value is -1.89. The van der Waals surface area contributed by atoms with Crippen LogP contribution in [0.4, 0.5) is 0 Å². The Morgan fingerprint density at radius 3 is 2.28 bits per heavy atom. The molecule has 1 N–H and O–H groups in total. The van der Waals surface area contributed by atoms with Crippen molar-refractivity contribution in [2.75, 3.05) is 0 Å². The number of sulfonamides is 1. The van der Waals surface area contributed by atoms with Gasteiger partial charge in [-0.25, -0.2) is 8.42 Å². The minimum atomic E-state index is -3.82. The second-order valence-electron chi connectivity index (χ2n) is 3.66. The summed E-state index contributed by atoms with van der Waals surface area (Å²) in [6.45, 7) is 1.61. The highest BCUT2D eigenvalue weighted by molar-refractivity contribution is 7.90. The van der Waals surface area contributed by atoms with E-state index >= 15 is 0 Å². The molecule has 0 saturated carbocycles. The molecule has 0 fully saturated rings. The van der Waals surface area contributed by atoms with Gasteiger partial charge in [0, 0.05) is 0 Å². The third-order valence-corrected chi connectivity index (χ3v) is 4.19. The summed E-state index contributed by atoms with van der Waals surface area (Å²) in [7, 11) is -3.82. The van der Waals surface area contributed by atoms with Gasteiger partial charge >= 0.3 is 0 Å². The van der Waals surface area contributed by atoms with E-state index in [2.05, 4.69) is 4.72 Å². The molecule has 1 aromatic carbocycles. The predicted octanol–water partition coefficient (Wildman–Crippen LogP) is 1.47. The van der Waals surface area contributed by atoms with Crippen LogP contribution in [-0.4, -0.2) is 13.7 Å². The molecule has 0 saturated heterocycles. The van der Waals surface area contributed by atoms with Gasteiger partial charge in [-0.3, -0.25) is 0 Å². The van der Waals surface area contributed by atoms with E-state index in [1.54, 1.807) is 43.3 Å². The Kier molecular flexibility index (Phi) is 4.85. The number of hydrogen-bond acceptors (Lipinski definition) is 4. The molecule has 0 aliphatic carbocycles. The maximum absolute atomic E-state index is 11.9. The first-order valence-corrected chi connectivity index (χ1v) is 6.95. The lowest BCUT2D eigenvalue weighted by atomic mass is 10.1. The molecule has 0 aliphatic rings. The Labute approximate surface area is 107 Å². The number of rotatable bonds is 5. The van der Waals surface area contributed by atoms with Crippen LogP contribution in [0.15, 0.2) is 30.3 Å². The summed E-state index contributed by atoms with van der Waals surface area (Å²) in [6.07, 6.45) is 0.179. The molecule has 0 aliphatic heterocycles. The fourth-order valence-electron chi connectivity index (χ4n) is 1.44. The van der Waals surface area contributed by atoms with Gasteiger partial charge in [0.25, 0.3) is 0 Å². The van der Waals surface area contributed by atoms with Gasteiger partial charge in [-0.05, 0) is 12.0 Å². The van der Waals surface area contributed by atoms with Crippen molar-refractivity contribution < 1.29 is 8.42 Å². The Bertz CT molecular complexity index is 570. The van der Waals surface area contributed by atoms with Gasteiger partial charge in [0.2, 0.25) is 10.0 Å². The van der Waals surface area contributed by atoms with Crippen LogP contribution in [0.5, 0.6) is 0 Å². The van der Waals surface area contributed by atoms with Crippen molar-refractivity contribution in [1.29, 1.82) is 10.5 Å². The van der Waals surface area contributed by atoms with E-state index in [9.17, 15) is 8.42 Å². The number of nitrogens with one attached hydrogen (secondary N) is 1. The third-order valence-electron chi connectivity index (χ3n) is 2.43. The molecule has 2 unspecified atom stereocenters. The lowest BCUT2D eigenvalue weighted by molar-refractivity contribution is 0.566. The van der Waals surface area contributed by atoms with Crippen molar-refractivity contribution in [2.45, 2.75) is 24.6 Å². The molecule has 0 aromatic heterocycles. The van der Waals surface area contributed by atoms with Gasteiger partial charge in [0.05, 0.1) is 12.1 Å². The summed E-state index contributed by atoms with van der Waals surface area (Å²) in [5, 5.41) is 16.6. The van der Waals surface area contributed by atoms with Crippen LogP contribution in [0.3, 0.4) is 0 Å². The van der Waals surface area contributed by atoms with Gasteiger partial charge in [-0.1, -0.05) is 37.3 Å². The predicted molar refractivity (Wildman–Crippen MR) is 66.5 cm³/mol. The van der Waals surface area contributed by atoms with Crippen LogP contribution in [-0.2, 0) is 10.0 Å². The van der Waals surface area contributed by atoms with Gasteiger partial charge < -0.3 is 0 Å². The van der Waals surface area contributed by atoms with E-state index in [-0.39, 0.29) is 6.42 Å². The van der Waals surface area contributed by atoms with E-state index in [4.69, 9.17) is 10.5 Å². The molecule has 5 nitrogen and oxygen atoms in total. The molecular formula is C12H13N3O2S. The van der Waals surface area contributed by atoms with Crippen molar-refractivity contribution >= 4 is 10.0 Å². The average Bonchev–Trinajstić information content (AvgIpc) is 2.38. The highest BCUT2D eigenvalue weighted by Crippen LogP contribution is 2.14. The Balaban J connectivity index is 2.96. The van der Waals surface area contributed by atoms with E-state index in [0.717, 1.165) is 0 Å². The van der Waals surface area contributed by atoms with Crippen LogP contribution in [0.2, 0.25) is 0 Å². The molecule has 18 heavy (non-hydrogen) atoms. The maximum atomic E-state index is 11.9. The van der Waals surface area contributed by atoms with Gasteiger partial charge in [-0.15, -0.1) is 0 Å². The van der Waals surface area contributed by atoms with E-state index in [1.807, 2.05) is 6.07 Å². The minimum absolute atomic E-state index is 0.179. The molecule has 0 spiro atoms. The molecule has 6 heteroatoms. The summed E-state index contributed by atoms with van der Waals surface area (Å²) < 4.78 is 26.0. The smallest absolute Gasteiger partial charge is 0.211 e. The zero-order chi connectivity index (χ0) is 13.6. The molecular weight excluding hydrogens is 250 g/mol. The Morgan fingerprint density at radius 1 is 1.22 bits per heavy atom. The number of nitriles is 2. The second-order valence-corrected chi connectivity index (χ2v) is 5.56. The van der Waals surface area contributed by atoms with Crippen molar-refractivity contribution in [3.05, 3.63) is 35.9 Å². The molecule has 2 atom stereocenters. The van der Waals surface area contributed by atoms with E-state index < -0.39 is 21.3 Å². The van der Waals surface area contributed by atoms with Crippen molar-refractivity contribution in [3.8, 4) is 12.1 Å².